The van der Waals surface area contributed by atoms with E-state index in [2.05, 4.69) is 62.4 Å². The Balaban J connectivity index is 1.48. The van der Waals surface area contributed by atoms with Crippen LogP contribution in [0.3, 0.4) is 0 Å². The first-order valence-corrected chi connectivity index (χ1v) is 10.9. The molecule has 0 radical (unpaired) electrons. The second-order valence-electron chi connectivity index (χ2n) is 8.67. The minimum Gasteiger partial charge on any atom is -0.342 e. The summed E-state index contributed by atoms with van der Waals surface area (Å²) in [5.74, 6) is 1.50. The summed E-state index contributed by atoms with van der Waals surface area (Å²) in [5, 5.41) is 8.94. The van der Waals surface area contributed by atoms with Crippen LogP contribution in [-0.2, 0) is 0 Å². The van der Waals surface area contributed by atoms with Gasteiger partial charge < -0.3 is 4.90 Å². The molecule has 31 heavy (non-hydrogen) atoms. The maximum atomic E-state index is 12.8. The monoisotopic (exact) mass is 408 g/mol. The van der Waals surface area contributed by atoms with E-state index in [1.54, 1.807) is 29.2 Å². The maximum absolute atomic E-state index is 12.8. The third-order valence-corrected chi connectivity index (χ3v) is 6.89. The van der Waals surface area contributed by atoms with Gasteiger partial charge in [-0.05, 0) is 70.7 Å². The molecule has 0 aromatic heterocycles. The van der Waals surface area contributed by atoms with E-state index in [0.29, 0.717) is 35.4 Å². The Hall–Kier alpha value is -3.38. The molecule has 0 bridgehead atoms. The molecule has 0 aliphatic heterocycles. The molecule has 1 amide bonds. The highest BCUT2D eigenvalue weighted by atomic mass is 16.2. The molecule has 0 heterocycles. The number of fused-ring (bicyclic) bond motifs is 1. The fraction of sp³-hybridized carbons (Fsp3) is 0.286. The highest BCUT2D eigenvalue weighted by Gasteiger charge is 2.35. The van der Waals surface area contributed by atoms with Gasteiger partial charge in [-0.3, -0.25) is 4.79 Å². The molecule has 3 aromatic rings. The van der Waals surface area contributed by atoms with Crippen molar-refractivity contribution in [3.63, 3.8) is 0 Å². The van der Waals surface area contributed by atoms with Crippen LogP contribution in [0.25, 0.3) is 11.1 Å². The van der Waals surface area contributed by atoms with Gasteiger partial charge >= 0.3 is 0 Å². The van der Waals surface area contributed by atoms with E-state index in [1.807, 2.05) is 13.1 Å². The molecule has 3 heteroatoms. The molecule has 3 aromatic carbocycles. The van der Waals surface area contributed by atoms with E-state index in [4.69, 9.17) is 5.26 Å². The van der Waals surface area contributed by atoms with Crippen molar-refractivity contribution in [1.29, 1.82) is 5.26 Å². The second-order valence-corrected chi connectivity index (χ2v) is 8.67. The second kappa shape index (κ2) is 8.78. The van der Waals surface area contributed by atoms with Crippen molar-refractivity contribution in [3.8, 4) is 17.2 Å². The minimum absolute atomic E-state index is 0.00263. The normalized spacial score (nSPS) is 19.5. The molecule has 0 N–H and O–H groups in total. The molecular formula is C28H28N2O. The third kappa shape index (κ3) is 4.11. The number of carbonyl (C=O) groups excluding carboxylic acids is 1. The predicted molar refractivity (Wildman–Crippen MR) is 125 cm³/mol. The summed E-state index contributed by atoms with van der Waals surface area (Å²) in [6.45, 7) is 5.37. The third-order valence-electron chi connectivity index (χ3n) is 6.89. The standard InChI is InChI=1S/C28H28N2O/c1-19-20(2)27-17-24(22-7-5-4-6-8-22)13-14-26(27)25(19)15-16-30(3)28(31)23-11-9-21(18-29)10-12-23/h4-14,17,19-20,25H,15-16H2,1-3H3/t19-,20?,25?/m1/s1. The van der Waals surface area contributed by atoms with Gasteiger partial charge in [-0.2, -0.15) is 5.26 Å². The SMILES string of the molecule is CC1c2cc(-c3ccccc3)ccc2C(CCN(C)C(=O)c2ccc(C#N)cc2)[C@@H]1C. The van der Waals surface area contributed by atoms with Crippen molar-refractivity contribution in [1.82, 2.24) is 4.90 Å². The Morgan fingerprint density at radius 1 is 0.935 bits per heavy atom. The quantitative estimate of drug-likeness (QED) is 0.503. The van der Waals surface area contributed by atoms with Gasteiger partial charge in [0.25, 0.3) is 5.91 Å². The van der Waals surface area contributed by atoms with Crippen LogP contribution in [0.2, 0.25) is 0 Å². The number of hydrogen-bond acceptors (Lipinski definition) is 2. The van der Waals surface area contributed by atoms with Crippen molar-refractivity contribution in [2.75, 3.05) is 13.6 Å². The summed E-state index contributed by atoms with van der Waals surface area (Å²) < 4.78 is 0. The minimum atomic E-state index is 0.00263. The van der Waals surface area contributed by atoms with Gasteiger partial charge in [-0.1, -0.05) is 62.4 Å². The number of carbonyl (C=O) groups is 1. The molecular weight excluding hydrogens is 380 g/mol. The zero-order valence-corrected chi connectivity index (χ0v) is 18.4. The zero-order valence-electron chi connectivity index (χ0n) is 18.4. The topological polar surface area (TPSA) is 44.1 Å². The summed E-state index contributed by atoms with van der Waals surface area (Å²) in [4.78, 5) is 14.6. The van der Waals surface area contributed by atoms with Crippen molar-refractivity contribution in [2.24, 2.45) is 5.92 Å². The smallest absolute Gasteiger partial charge is 0.253 e. The van der Waals surface area contributed by atoms with Crippen LogP contribution in [0.1, 0.15) is 59.2 Å². The average molecular weight is 409 g/mol. The number of benzene rings is 3. The number of nitriles is 1. The highest BCUT2D eigenvalue weighted by Crippen LogP contribution is 2.48. The molecule has 0 saturated heterocycles. The van der Waals surface area contributed by atoms with Gasteiger partial charge in [0.1, 0.15) is 0 Å². The van der Waals surface area contributed by atoms with Gasteiger partial charge in [0.2, 0.25) is 0 Å². The fourth-order valence-corrected chi connectivity index (χ4v) is 4.79. The van der Waals surface area contributed by atoms with Gasteiger partial charge in [-0.25, -0.2) is 0 Å². The molecule has 3 nitrogen and oxygen atoms in total. The van der Waals surface area contributed by atoms with E-state index in [1.165, 1.54) is 22.3 Å². The average Bonchev–Trinajstić information content (AvgIpc) is 3.06. The van der Waals surface area contributed by atoms with Gasteiger partial charge in [0, 0.05) is 19.2 Å². The Morgan fingerprint density at radius 3 is 2.32 bits per heavy atom. The molecule has 4 rings (SSSR count). The molecule has 1 aliphatic carbocycles. The summed E-state index contributed by atoms with van der Waals surface area (Å²) in [6, 6.07) is 26.4. The van der Waals surface area contributed by atoms with Crippen LogP contribution in [0.4, 0.5) is 0 Å². The van der Waals surface area contributed by atoms with Gasteiger partial charge in [-0.15, -0.1) is 0 Å². The van der Waals surface area contributed by atoms with E-state index in [-0.39, 0.29) is 5.91 Å². The summed E-state index contributed by atoms with van der Waals surface area (Å²) >= 11 is 0. The van der Waals surface area contributed by atoms with E-state index >= 15 is 0 Å². The Morgan fingerprint density at radius 2 is 1.65 bits per heavy atom. The van der Waals surface area contributed by atoms with Crippen LogP contribution in [0, 0.1) is 17.2 Å². The lowest BCUT2D eigenvalue weighted by molar-refractivity contribution is 0.0788. The predicted octanol–water partition coefficient (Wildman–Crippen LogP) is 6.22. The summed E-state index contributed by atoms with van der Waals surface area (Å²) in [5.41, 5.74) is 6.59. The molecule has 0 saturated carbocycles. The molecule has 3 atom stereocenters. The van der Waals surface area contributed by atoms with Crippen LogP contribution in [-0.4, -0.2) is 24.4 Å². The lowest BCUT2D eigenvalue weighted by atomic mass is 9.87. The fourth-order valence-electron chi connectivity index (χ4n) is 4.79. The Kier molecular flexibility index (Phi) is 5.91. The number of hydrogen-bond donors (Lipinski definition) is 0. The van der Waals surface area contributed by atoms with Crippen molar-refractivity contribution in [2.45, 2.75) is 32.1 Å². The lowest BCUT2D eigenvalue weighted by Gasteiger charge is -2.23. The molecule has 1 aliphatic rings. The van der Waals surface area contributed by atoms with Crippen LogP contribution in [0.15, 0.2) is 72.8 Å². The lowest BCUT2D eigenvalue weighted by Crippen LogP contribution is -2.29. The van der Waals surface area contributed by atoms with Gasteiger partial charge in [0.05, 0.1) is 11.6 Å². The molecule has 156 valence electrons. The summed E-state index contributed by atoms with van der Waals surface area (Å²) in [7, 11) is 1.86. The number of nitrogens with zero attached hydrogens (tertiary/aromatic N) is 2. The van der Waals surface area contributed by atoms with Crippen molar-refractivity contribution < 1.29 is 4.79 Å². The van der Waals surface area contributed by atoms with Crippen LogP contribution < -0.4 is 0 Å². The number of rotatable bonds is 5. The summed E-state index contributed by atoms with van der Waals surface area (Å²) in [6.07, 6.45) is 0.946. The number of amides is 1. The van der Waals surface area contributed by atoms with E-state index in [9.17, 15) is 4.79 Å². The Labute approximate surface area is 185 Å². The van der Waals surface area contributed by atoms with E-state index in [0.717, 1.165) is 6.42 Å². The van der Waals surface area contributed by atoms with E-state index < -0.39 is 0 Å². The van der Waals surface area contributed by atoms with Crippen LogP contribution in [0.5, 0.6) is 0 Å². The first-order valence-electron chi connectivity index (χ1n) is 10.9. The zero-order chi connectivity index (χ0) is 22.0. The van der Waals surface area contributed by atoms with Gasteiger partial charge in [0.15, 0.2) is 0 Å². The first kappa shape index (κ1) is 20.9. The molecule has 0 spiro atoms. The van der Waals surface area contributed by atoms with Crippen molar-refractivity contribution >= 4 is 5.91 Å². The molecule has 2 unspecified atom stereocenters. The first-order chi connectivity index (χ1) is 15.0. The van der Waals surface area contributed by atoms with Crippen molar-refractivity contribution in [3.05, 3.63) is 95.1 Å². The largest absolute Gasteiger partial charge is 0.342 e. The Bertz CT molecular complexity index is 1110. The van der Waals surface area contributed by atoms with Crippen LogP contribution >= 0.6 is 0 Å². The molecule has 0 fully saturated rings. The maximum Gasteiger partial charge on any atom is 0.253 e. The highest BCUT2D eigenvalue weighted by molar-refractivity contribution is 5.94.